The van der Waals surface area contributed by atoms with Gasteiger partial charge in [0.25, 0.3) is 5.91 Å². The molecule has 0 aromatic heterocycles. The van der Waals surface area contributed by atoms with Crippen molar-refractivity contribution < 1.29 is 14.3 Å². The van der Waals surface area contributed by atoms with E-state index in [0.717, 1.165) is 22.6 Å². The first-order valence-corrected chi connectivity index (χ1v) is 9.85. The predicted molar refractivity (Wildman–Crippen MR) is 129 cm³/mol. The van der Waals surface area contributed by atoms with Crippen LogP contribution in [0.25, 0.3) is 0 Å². The van der Waals surface area contributed by atoms with Gasteiger partial charge < -0.3 is 25.0 Å². The van der Waals surface area contributed by atoms with Gasteiger partial charge in [-0.15, -0.1) is 24.0 Å². The second-order valence-electron chi connectivity index (χ2n) is 6.64. The number of guanidine groups is 1. The van der Waals surface area contributed by atoms with E-state index in [-0.39, 0.29) is 36.7 Å². The maximum atomic E-state index is 12.4. The Hall–Kier alpha value is -2.49. The number of ether oxygens (including phenoxy) is 2. The van der Waals surface area contributed by atoms with E-state index < -0.39 is 0 Å². The third kappa shape index (κ3) is 6.01. The van der Waals surface area contributed by atoms with Crippen LogP contribution in [0.1, 0.15) is 35.3 Å². The van der Waals surface area contributed by atoms with Crippen LogP contribution >= 0.6 is 24.0 Å². The van der Waals surface area contributed by atoms with Crippen molar-refractivity contribution in [1.82, 2.24) is 15.5 Å². The Balaban J connectivity index is 0.00000320. The number of fused-ring (bicyclic) bond motifs is 1. The quantitative estimate of drug-likeness (QED) is 0.330. The monoisotopic (exact) mass is 524 g/mol. The Kier molecular flexibility index (Phi) is 9.22. The molecule has 1 amide bonds. The summed E-state index contributed by atoms with van der Waals surface area (Å²) in [4.78, 5) is 18.5. The van der Waals surface area contributed by atoms with Crippen molar-refractivity contribution in [2.24, 2.45) is 4.99 Å². The minimum absolute atomic E-state index is 0. The molecule has 0 fully saturated rings. The minimum Gasteiger partial charge on any atom is -0.454 e. The third-order valence-electron chi connectivity index (χ3n) is 4.83. The fourth-order valence-corrected chi connectivity index (χ4v) is 3.10. The first kappa shape index (κ1) is 23.8. The molecule has 0 radical (unpaired) electrons. The normalized spacial score (nSPS) is 12.2. The molecule has 2 aromatic carbocycles. The van der Waals surface area contributed by atoms with Crippen LogP contribution in [-0.2, 0) is 13.1 Å². The van der Waals surface area contributed by atoms with Crippen molar-refractivity contribution in [2.75, 3.05) is 26.9 Å². The van der Waals surface area contributed by atoms with Crippen molar-refractivity contribution in [3.63, 3.8) is 0 Å². The molecular formula is C22H29IN4O3. The lowest BCUT2D eigenvalue weighted by atomic mass is 10.1. The number of rotatable bonds is 7. The number of hydrogen-bond donors (Lipinski definition) is 2. The Morgan fingerprint density at radius 2 is 1.57 bits per heavy atom. The first-order chi connectivity index (χ1) is 14.1. The largest absolute Gasteiger partial charge is 0.454 e. The predicted octanol–water partition coefficient (Wildman–Crippen LogP) is 3.38. The second kappa shape index (κ2) is 11.6. The zero-order chi connectivity index (χ0) is 20.6. The van der Waals surface area contributed by atoms with E-state index in [2.05, 4.69) is 15.6 Å². The second-order valence-corrected chi connectivity index (χ2v) is 6.64. The van der Waals surface area contributed by atoms with E-state index in [1.165, 1.54) is 0 Å². The number of benzene rings is 2. The maximum Gasteiger partial charge on any atom is 0.253 e. The number of aliphatic imine (C=N–C) groups is 1. The van der Waals surface area contributed by atoms with Crippen LogP contribution in [0.3, 0.4) is 0 Å². The summed E-state index contributed by atoms with van der Waals surface area (Å²) in [5.41, 5.74) is 2.87. The molecule has 1 aliphatic rings. The van der Waals surface area contributed by atoms with Crippen molar-refractivity contribution in [1.29, 1.82) is 0 Å². The third-order valence-corrected chi connectivity index (χ3v) is 4.83. The summed E-state index contributed by atoms with van der Waals surface area (Å²) < 4.78 is 10.7. The lowest BCUT2D eigenvalue weighted by Gasteiger charge is -2.18. The molecule has 0 unspecified atom stereocenters. The highest BCUT2D eigenvalue weighted by atomic mass is 127. The van der Waals surface area contributed by atoms with Gasteiger partial charge in [0.2, 0.25) is 6.79 Å². The zero-order valence-electron chi connectivity index (χ0n) is 17.6. The van der Waals surface area contributed by atoms with Crippen LogP contribution in [0.15, 0.2) is 47.5 Å². The van der Waals surface area contributed by atoms with Gasteiger partial charge in [-0.05, 0) is 49.2 Å². The van der Waals surface area contributed by atoms with E-state index in [9.17, 15) is 4.79 Å². The molecule has 0 spiro atoms. The molecule has 8 heteroatoms. The number of nitrogens with zero attached hydrogens (tertiary/aromatic N) is 2. The van der Waals surface area contributed by atoms with Crippen LogP contribution in [0.4, 0.5) is 0 Å². The van der Waals surface area contributed by atoms with Crippen LogP contribution < -0.4 is 20.1 Å². The van der Waals surface area contributed by atoms with E-state index >= 15 is 0 Å². The topological polar surface area (TPSA) is 75.2 Å². The molecule has 0 aliphatic carbocycles. The number of carbonyl (C=O) groups is 1. The van der Waals surface area contributed by atoms with Gasteiger partial charge in [-0.2, -0.15) is 0 Å². The molecule has 3 rings (SSSR count). The smallest absolute Gasteiger partial charge is 0.253 e. The highest BCUT2D eigenvalue weighted by Crippen LogP contribution is 2.32. The van der Waals surface area contributed by atoms with Gasteiger partial charge in [0.15, 0.2) is 17.5 Å². The van der Waals surface area contributed by atoms with Gasteiger partial charge in [-0.3, -0.25) is 9.79 Å². The fraction of sp³-hybridized carbons (Fsp3) is 0.364. The molecular weight excluding hydrogens is 495 g/mol. The van der Waals surface area contributed by atoms with Crippen LogP contribution in [0.5, 0.6) is 11.5 Å². The minimum atomic E-state index is 0. The van der Waals surface area contributed by atoms with E-state index in [4.69, 9.17) is 9.47 Å². The Morgan fingerprint density at radius 3 is 2.20 bits per heavy atom. The average Bonchev–Trinajstić information content (AvgIpc) is 3.23. The molecule has 7 nitrogen and oxygen atoms in total. The van der Waals surface area contributed by atoms with Gasteiger partial charge in [0, 0.05) is 38.8 Å². The molecule has 1 aliphatic heterocycles. The molecule has 0 bridgehead atoms. The van der Waals surface area contributed by atoms with Crippen molar-refractivity contribution in [3.8, 4) is 11.5 Å². The summed E-state index contributed by atoms with van der Waals surface area (Å²) >= 11 is 0. The average molecular weight is 524 g/mol. The molecule has 0 atom stereocenters. The van der Waals surface area contributed by atoms with Gasteiger partial charge >= 0.3 is 0 Å². The summed E-state index contributed by atoms with van der Waals surface area (Å²) in [6.45, 7) is 6.90. The van der Waals surface area contributed by atoms with Crippen LogP contribution in [0.2, 0.25) is 0 Å². The number of carbonyl (C=O) groups excluding carboxylic acids is 1. The molecule has 2 N–H and O–H groups in total. The molecule has 0 saturated heterocycles. The summed E-state index contributed by atoms with van der Waals surface area (Å²) in [6.07, 6.45) is 0. The Bertz CT molecular complexity index is 867. The highest BCUT2D eigenvalue weighted by molar-refractivity contribution is 14.0. The number of halogens is 1. The lowest BCUT2D eigenvalue weighted by Crippen LogP contribution is -2.36. The van der Waals surface area contributed by atoms with E-state index in [1.54, 1.807) is 7.05 Å². The molecule has 30 heavy (non-hydrogen) atoms. The van der Waals surface area contributed by atoms with Crippen LogP contribution in [0, 0.1) is 0 Å². The van der Waals surface area contributed by atoms with Gasteiger partial charge in [0.05, 0.1) is 0 Å². The molecule has 0 saturated carbocycles. The SMILES string of the molecule is CCN(CC)C(=O)c1ccc(CNC(=NC)NCc2ccc3c(c2)OCO3)cc1.I. The number of amides is 1. The van der Waals surface area contributed by atoms with Crippen molar-refractivity contribution >= 4 is 35.8 Å². The van der Waals surface area contributed by atoms with Gasteiger partial charge in [-0.25, -0.2) is 0 Å². The van der Waals surface area contributed by atoms with Crippen molar-refractivity contribution in [2.45, 2.75) is 26.9 Å². The van der Waals surface area contributed by atoms with E-state index in [1.807, 2.05) is 61.2 Å². The molecule has 1 heterocycles. The zero-order valence-corrected chi connectivity index (χ0v) is 19.9. The van der Waals surface area contributed by atoms with Gasteiger partial charge in [-0.1, -0.05) is 18.2 Å². The van der Waals surface area contributed by atoms with Gasteiger partial charge in [0.1, 0.15) is 0 Å². The number of nitrogens with one attached hydrogen (secondary N) is 2. The fourth-order valence-electron chi connectivity index (χ4n) is 3.10. The maximum absolute atomic E-state index is 12.4. The summed E-state index contributed by atoms with van der Waals surface area (Å²) in [7, 11) is 1.74. The molecule has 2 aromatic rings. The van der Waals surface area contributed by atoms with E-state index in [0.29, 0.717) is 37.7 Å². The lowest BCUT2D eigenvalue weighted by molar-refractivity contribution is 0.0773. The van der Waals surface area contributed by atoms with Crippen molar-refractivity contribution in [3.05, 3.63) is 59.2 Å². The van der Waals surface area contributed by atoms with Crippen LogP contribution in [-0.4, -0.2) is 43.7 Å². The number of hydrogen-bond acceptors (Lipinski definition) is 4. The standard InChI is InChI=1S/C22H28N4O3.HI/c1-4-26(5-2)21(27)18-9-6-16(7-10-18)13-24-22(23-3)25-14-17-8-11-19-20(12-17)29-15-28-19;/h6-12H,4-5,13-15H2,1-3H3,(H2,23,24,25);1H. The Labute approximate surface area is 194 Å². The summed E-state index contributed by atoms with van der Waals surface area (Å²) in [5.74, 6) is 2.31. The Morgan fingerprint density at radius 1 is 0.967 bits per heavy atom. The first-order valence-electron chi connectivity index (χ1n) is 9.85. The summed E-state index contributed by atoms with van der Waals surface area (Å²) in [5, 5.41) is 6.58. The molecule has 162 valence electrons. The highest BCUT2D eigenvalue weighted by Gasteiger charge is 2.14. The summed E-state index contributed by atoms with van der Waals surface area (Å²) in [6, 6.07) is 13.6.